The lowest BCUT2D eigenvalue weighted by molar-refractivity contribution is -0.129. The number of aliphatic hydroxyl groups is 4. The number of carbonyl (C=O) groups excluding carboxylic acids is 4. The molecule has 0 amide bonds. The van der Waals surface area contributed by atoms with Gasteiger partial charge in [0.2, 0.25) is 0 Å². The Morgan fingerprint density at radius 3 is 1.15 bits per heavy atom. The number of carbonyl (C=O) groups is 4. The molecule has 0 aromatic rings. The molecule has 0 aliphatic heterocycles. The maximum Gasteiger partial charge on any atom is 0.161 e. The summed E-state index contributed by atoms with van der Waals surface area (Å²) in [5.74, 6) is -2.37. The van der Waals surface area contributed by atoms with E-state index in [0.717, 1.165) is 0 Å². The van der Waals surface area contributed by atoms with Crippen LogP contribution in [0.5, 0.6) is 0 Å². The van der Waals surface area contributed by atoms with E-state index in [1.165, 1.54) is 0 Å². The fraction of sp³-hybridized carbons (Fsp3) is 0.778. The van der Waals surface area contributed by atoms with Crippen LogP contribution in [0.4, 0.5) is 0 Å². The average Bonchev–Trinajstić information content (AvgIpc) is 2.66. The van der Waals surface area contributed by atoms with E-state index >= 15 is 0 Å². The predicted octanol–water partition coefficient (Wildman–Crippen LogP) is -0.415. The van der Waals surface area contributed by atoms with Crippen LogP contribution < -0.4 is 0 Å². The van der Waals surface area contributed by atoms with Gasteiger partial charge >= 0.3 is 0 Å². The molecule has 0 aliphatic rings. The maximum absolute atomic E-state index is 11.9. The summed E-state index contributed by atoms with van der Waals surface area (Å²) < 4.78 is 0. The van der Waals surface area contributed by atoms with Crippen molar-refractivity contribution in [2.75, 3.05) is 26.4 Å². The zero-order valence-corrected chi connectivity index (χ0v) is 15.1. The summed E-state index contributed by atoms with van der Waals surface area (Å²) in [6.07, 6.45) is 2.50. The van der Waals surface area contributed by atoms with E-state index in [2.05, 4.69) is 0 Å². The molecule has 8 nitrogen and oxygen atoms in total. The van der Waals surface area contributed by atoms with Crippen LogP contribution in [0, 0.1) is 11.8 Å². The van der Waals surface area contributed by atoms with Crippen molar-refractivity contribution in [1.82, 2.24) is 0 Å². The van der Waals surface area contributed by atoms with Crippen LogP contribution >= 0.6 is 0 Å². The van der Waals surface area contributed by atoms with Crippen LogP contribution in [0.15, 0.2) is 0 Å². The Morgan fingerprint density at radius 1 is 0.538 bits per heavy atom. The molecule has 0 aliphatic carbocycles. The van der Waals surface area contributed by atoms with Crippen molar-refractivity contribution < 1.29 is 39.6 Å². The number of rotatable bonds is 17. The number of aliphatic hydroxyl groups excluding tert-OH is 4. The van der Waals surface area contributed by atoms with E-state index in [1.54, 1.807) is 0 Å². The topological polar surface area (TPSA) is 149 Å². The van der Waals surface area contributed by atoms with Crippen LogP contribution in [0.3, 0.4) is 0 Å². The number of hydrogen-bond acceptors (Lipinski definition) is 8. The van der Waals surface area contributed by atoms with E-state index in [0.29, 0.717) is 38.5 Å². The van der Waals surface area contributed by atoms with Gasteiger partial charge in [-0.15, -0.1) is 0 Å². The predicted molar refractivity (Wildman–Crippen MR) is 92.3 cm³/mol. The van der Waals surface area contributed by atoms with Gasteiger partial charge in [-0.25, -0.2) is 0 Å². The van der Waals surface area contributed by atoms with Gasteiger partial charge in [-0.2, -0.15) is 0 Å². The minimum atomic E-state index is -0.623. The van der Waals surface area contributed by atoms with Crippen molar-refractivity contribution in [3.8, 4) is 0 Å². The molecule has 0 fully saturated rings. The summed E-state index contributed by atoms with van der Waals surface area (Å²) in [7, 11) is 0. The van der Waals surface area contributed by atoms with Gasteiger partial charge < -0.3 is 20.4 Å². The Kier molecular flexibility index (Phi) is 13.8. The Hall–Kier alpha value is -1.48. The number of Topliss-reactive ketones (excluding diaryl/α,β-unsaturated/α-hetero) is 4. The second kappa shape index (κ2) is 14.7. The van der Waals surface area contributed by atoms with Gasteiger partial charge in [-0.3, -0.25) is 19.2 Å². The first-order valence-electron chi connectivity index (χ1n) is 8.91. The maximum atomic E-state index is 11.9. The molecule has 0 heterocycles. The van der Waals surface area contributed by atoms with Gasteiger partial charge in [0.1, 0.15) is 26.4 Å². The van der Waals surface area contributed by atoms with Crippen molar-refractivity contribution in [3.63, 3.8) is 0 Å². The highest BCUT2D eigenvalue weighted by molar-refractivity contribution is 5.83. The molecule has 0 bridgehead atoms. The quantitative estimate of drug-likeness (QED) is 0.268. The Labute approximate surface area is 153 Å². The highest BCUT2D eigenvalue weighted by Gasteiger charge is 2.23. The summed E-state index contributed by atoms with van der Waals surface area (Å²) in [6, 6.07) is 0. The van der Waals surface area contributed by atoms with Crippen molar-refractivity contribution in [3.05, 3.63) is 0 Å². The smallest absolute Gasteiger partial charge is 0.161 e. The lowest BCUT2D eigenvalue weighted by atomic mass is 9.85. The zero-order valence-electron chi connectivity index (χ0n) is 15.1. The molecular formula is C18H30O8. The van der Waals surface area contributed by atoms with E-state index < -0.39 is 38.3 Å². The molecular weight excluding hydrogens is 344 g/mol. The Bertz CT molecular complexity index is 418. The van der Waals surface area contributed by atoms with Crippen molar-refractivity contribution in [1.29, 1.82) is 0 Å². The first-order chi connectivity index (χ1) is 12.4. The van der Waals surface area contributed by atoms with Crippen LogP contribution in [-0.2, 0) is 19.2 Å². The van der Waals surface area contributed by atoms with Crippen molar-refractivity contribution in [2.24, 2.45) is 11.8 Å². The molecule has 2 atom stereocenters. The number of ketones is 4. The van der Waals surface area contributed by atoms with Gasteiger partial charge in [0.05, 0.1) is 0 Å². The standard InChI is InChI=1S/C18H30O8/c19-9-15(23)5-1-3-13(17(25)11-21)7-8-14(18(26)12-22)4-2-6-16(24)10-20/h13-14,19-22H,1-12H2. The first kappa shape index (κ1) is 24.5. The third-order valence-electron chi connectivity index (χ3n) is 4.46. The van der Waals surface area contributed by atoms with Gasteiger partial charge in [-0.05, 0) is 38.5 Å². The molecule has 4 N–H and O–H groups in total. The van der Waals surface area contributed by atoms with Crippen molar-refractivity contribution >= 4 is 23.1 Å². The molecule has 0 aromatic heterocycles. The molecule has 0 saturated carbocycles. The fourth-order valence-corrected chi connectivity index (χ4v) is 2.84. The van der Waals surface area contributed by atoms with Crippen LogP contribution in [0.25, 0.3) is 0 Å². The molecule has 8 heteroatoms. The normalized spacial score (nSPS) is 13.2. The monoisotopic (exact) mass is 374 g/mol. The molecule has 26 heavy (non-hydrogen) atoms. The highest BCUT2D eigenvalue weighted by atomic mass is 16.3. The van der Waals surface area contributed by atoms with E-state index in [1.807, 2.05) is 0 Å². The van der Waals surface area contributed by atoms with Crippen LogP contribution in [0.2, 0.25) is 0 Å². The van der Waals surface area contributed by atoms with Crippen molar-refractivity contribution in [2.45, 2.75) is 51.4 Å². The highest BCUT2D eigenvalue weighted by Crippen LogP contribution is 2.23. The second-order valence-electron chi connectivity index (χ2n) is 6.40. The third kappa shape index (κ3) is 10.5. The minimum Gasteiger partial charge on any atom is -0.389 e. The molecule has 2 unspecified atom stereocenters. The molecule has 0 rings (SSSR count). The molecule has 150 valence electrons. The van der Waals surface area contributed by atoms with Crippen LogP contribution in [-0.4, -0.2) is 70.0 Å². The summed E-state index contributed by atoms with van der Waals surface area (Å²) in [4.78, 5) is 46.0. The number of hydrogen-bond donors (Lipinski definition) is 4. The third-order valence-corrected chi connectivity index (χ3v) is 4.46. The summed E-state index contributed by atoms with van der Waals surface area (Å²) in [6.45, 7) is -2.33. The van der Waals surface area contributed by atoms with Gasteiger partial charge in [0.25, 0.3) is 0 Å². The van der Waals surface area contributed by atoms with Gasteiger partial charge in [0.15, 0.2) is 23.1 Å². The Morgan fingerprint density at radius 2 is 0.885 bits per heavy atom. The van der Waals surface area contributed by atoms with Gasteiger partial charge in [0, 0.05) is 24.7 Å². The summed E-state index contributed by atoms with van der Waals surface area (Å²) >= 11 is 0. The van der Waals surface area contributed by atoms with E-state index in [9.17, 15) is 19.2 Å². The van der Waals surface area contributed by atoms with Crippen LogP contribution in [0.1, 0.15) is 51.4 Å². The van der Waals surface area contributed by atoms with E-state index in [4.69, 9.17) is 20.4 Å². The summed E-state index contributed by atoms with van der Waals surface area (Å²) in [5, 5.41) is 35.6. The SMILES string of the molecule is O=C(CO)CCCC(CCC(CCCC(=O)CO)C(=O)CO)C(=O)CO. The molecule has 0 spiro atoms. The molecule has 0 radical (unpaired) electrons. The lowest BCUT2D eigenvalue weighted by Gasteiger charge is -2.19. The zero-order chi connectivity index (χ0) is 19.9. The Balaban J connectivity index is 4.61. The first-order valence-corrected chi connectivity index (χ1v) is 8.91. The summed E-state index contributed by atoms with van der Waals surface area (Å²) in [5.41, 5.74) is 0. The molecule has 0 saturated heterocycles. The lowest BCUT2D eigenvalue weighted by Crippen LogP contribution is -2.23. The second-order valence-corrected chi connectivity index (χ2v) is 6.40. The fourth-order valence-electron chi connectivity index (χ4n) is 2.84. The van der Waals surface area contributed by atoms with E-state index in [-0.39, 0.29) is 36.0 Å². The minimum absolute atomic E-state index is 0.147. The van der Waals surface area contributed by atoms with Gasteiger partial charge in [-0.1, -0.05) is 0 Å². The largest absolute Gasteiger partial charge is 0.389 e. The average molecular weight is 374 g/mol. The molecule has 0 aromatic carbocycles.